The lowest BCUT2D eigenvalue weighted by atomic mass is 10.3. The maximum Gasteiger partial charge on any atom is 0.357 e. The molecule has 2 rings (SSSR count). The summed E-state index contributed by atoms with van der Waals surface area (Å²) >= 11 is 0. The number of hydrogen-bond acceptors (Lipinski definition) is 3. The summed E-state index contributed by atoms with van der Waals surface area (Å²) in [7, 11) is 0. The number of nitrogens with zero attached hydrogens (tertiary/aromatic N) is 2. The minimum Gasteiger partial charge on any atom is -0.461 e. The van der Waals surface area contributed by atoms with Crippen molar-refractivity contribution in [2.75, 3.05) is 6.61 Å². The summed E-state index contributed by atoms with van der Waals surface area (Å²) in [5.41, 5.74) is 1.45. The topological polar surface area (TPSA) is 44.1 Å². The predicted molar refractivity (Wildman–Crippen MR) is 64.2 cm³/mol. The van der Waals surface area contributed by atoms with E-state index in [4.69, 9.17) is 4.74 Å². The van der Waals surface area contributed by atoms with Gasteiger partial charge in [-0.15, -0.1) is 0 Å². The first-order valence-electron chi connectivity index (χ1n) is 5.61. The Morgan fingerprint density at radius 1 is 1.44 bits per heavy atom. The zero-order valence-electron chi connectivity index (χ0n) is 10.2. The first-order valence-corrected chi connectivity index (χ1v) is 5.61. The van der Waals surface area contributed by atoms with Crippen molar-refractivity contribution in [1.29, 1.82) is 0 Å². The van der Waals surface area contributed by atoms with Crippen LogP contribution in [0.25, 0.3) is 5.69 Å². The van der Waals surface area contributed by atoms with Crippen LogP contribution in [0.1, 0.15) is 23.1 Å². The first-order chi connectivity index (χ1) is 8.61. The van der Waals surface area contributed by atoms with Gasteiger partial charge in [-0.2, -0.15) is 5.10 Å². The van der Waals surface area contributed by atoms with Gasteiger partial charge in [-0.3, -0.25) is 0 Å². The van der Waals surface area contributed by atoms with E-state index in [0.29, 0.717) is 17.1 Å². The largest absolute Gasteiger partial charge is 0.461 e. The van der Waals surface area contributed by atoms with Gasteiger partial charge >= 0.3 is 5.97 Å². The molecular formula is C13H13FN2O2. The zero-order chi connectivity index (χ0) is 13.1. The van der Waals surface area contributed by atoms with E-state index in [-0.39, 0.29) is 12.4 Å². The molecular weight excluding hydrogens is 235 g/mol. The molecule has 0 unspecified atom stereocenters. The lowest BCUT2D eigenvalue weighted by Crippen LogP contribution is -2.12. The number of esters is 1. The van der Waals surface area contributed by atoms with Crippen molar-refractivity contribution in [2.24, 2.45) is 0 Å². The number of benzene rings is 1. The molecule has 1 heterocycles. The molecule has 0 N–H and O–H groups in total. The highest BCUT2D eigenvalue weighted by Gasteiger charge is 2.16. The molecule has 1 aromatic carbocycles. The summed E-state index contributed by atoms with van der Waals surface area (Å²) in [5, 5.41) is 4.17. The van der Waals surface area contributed by atoms with Gasteiger partial charge in [-0.05, 0) is 38.1 Å². The van der Waals surface area contributed by atoms with Crippen LogP contribution in [0.5, 0.6) is 0 Å². The Balaban J connectivity index is 2.47. The molecule has 0 aliphatic heterocycles. The summed E-state index contributed by atoms with van der Waals surface area (Å²) in [5.74, 6) is -0.849. The van der Waals surface area contributed by atoms with Gasteiger partial charge in [0.25, 0.3) is 0 Å². The molecule has 4 nitrogen and oxygen atoms in total. The van der Waals surface area contributed by atoms with Crippen molar-refractivity contribution in [3.8, 4) is 5.69 Å². The molecule has 0 atom stereocenters. The van der Waals surface area contributed by atoms with Crippen LogP contribution in [-0.2, 0) is 4.74 Å². The van der Waals surface area contributed by atoms with E-state index in [0.717, 1.165) is 0 Å². The molecule has 2 aromatic rings. The molecule has 0 bridgehead atoms. The number of aryl methyl sites for hydroxylation is 1. The number of ether oxygens (including phenoxy) is 1. The molecule has 0 radical (unpaired) electrons. The summed E-state index contributed by atoms with van der Waals surface area (Å²) in [6.45, 7) is 3.78. The van der Waals surface area contributed by atoms with Crippen LogP contribution in [0, 0.1) is 12.7 Å². The highest BCUT2D eigenvalue weighted by atomic mass is 19.1. The number of carbonyl (C=O) groups is 1. The van der Waals surface area contributed by atoms with Crippen molar-refractivity contribution in [3.05, 3.63) is 47.5 Å². The van der Waals surface area contributed by atoms with Gasteiger partial charge in [-0.25, -0.2) is 13.9 Å². The van der Waals surface area contributed by atoms with Crippen molar-refractivity contribution in [2.45, 2.75) is 13.8 Å². The second-order valence-corrected chi connectivity index (χ2v) is 3.78. The summed E-state index contributed by atoms with van der Waals surface area (Å²) in [6.07, 6.45) is 0. The van der Waals surface area contributed by atoms with Gasteiger partial charge < -0.3 is 4.74 Å². The van der Waals surface area contributed by atoms with Gasteiger partial charge in [0.15, 0.2) is 5.69 Å². The smallest absolute Gasteiger partial charge is 0.357 e. The number of halogens is 1. The predicted octanol–water partition coefficient (Wildman–Crippen LogP) is 2.50. The Hall–Kier alpha value is -2.17. The van der Waals surface area contributed by atoms with E-state index in [2.05, 4.69) is 5.10 Å². The van der Waals surface area contributed by atoms with Crippen LogP contribution in [0.2, 0.25) is 0 Å². The molecule has 0 spiro atoms. The Morgan fingerprint density at radius 3 is 2.89 bits per heavy atom. The number of rotatable bonds is 3. The molecule has 0 saturated carbocycles. The molecule has 0 aliphatic rings. The number of aromatic nitrogens is 2. The summed E-state index contributed by atoms with van der Waals surface area (Å²) in [4.78, 5) is 11.8. The van der Waals surface area contributed by atoms with Gasteiger partial charge in [0, 0.05) is 0 Å². The summed E-state index contributed by atoms with van der Waals surface area (Å²) in [6, 6.07) is 7.51. The van der Waals surface area contributed by atoms with Crippen molar-refractivity contribution < 1.29 is 13.9 Å². The third kappa shape index (κ3) is 2.40. The van der Waals surface area contributed by atoms with E-state index in [1.807, 2.05) is 0 Å². The quantitative estimate of drug-likeness (QED) is 0.784. The van der Waals surface area contributed by atoms with Gasteiger partial charge in [-0.1, -0.05) is 6.07 Å². The van der Waals surface area contributed by atoms with Crippen LogP contribution in [0.3, 0.4) is 0 Å². The molecule has 0 fully saturated rings. The van der Waals surface area contributed by atoms with Gasteiger partial charge in [0.05, 0.1) is 18.0 Å². The average molecular weight is 248 g/mol. The Morgan fingerprint density at radius 2 is 2.22 bits per heavy atom. The summed E-state index contributed by atoms with van der Waals surface area (Å²) < 4.78 is 19.5. The average Bonchev–Trinajstić information content (AvgIpc) is 2.72. The van der Waals surface area contributed by atoms with E-state index in [1.165, 1.54) is 16.8 Å². The van der Waals surface area contributed by atoms with E-state index in [9.17, 15) is 9.18 Å². The van der Waals surface area contributed by atoms with E-state index in [1.54, 1.807) is 32.0 Å². The second-order valence-electron chi connectivity index (χ2n) is 3.78. The van der Waals surface area contributed by atoms with E-state index < -0.39 is 5.97 Å². The lowest BCUT2D eigenvalue weighted by molar-refractivity contribution is 0.0515. The number of carbonyl (C=O) groups excluding carboxylic acids is 1. The minimum atomic E-state index is -0.470. The highest BCUT2D eigenvalue weighted by molar-refractivity contribution is 5.88. The maximum absolute atomic E-state index is 13.2. The molecule has 0 aliphatic carbocycles. The molecule has 5 heteroatoms. The zero-order valence-corrected chi connectivity index (χ0v) is 10.2. The van der Waals surface area contributed by atoms with Crippen molar-refractivity contribution in [3.63, 3.8) is 0 Å². The monoisotopic (exact) mass is 248 g/mol. The normalized spacial score (nSPS) is 10.4. The van der Waals surface area contributed by atoms with Crippen LogP contribution >= 0.6 is 0 Å². The molecule has 18 heavy (non-hydrogen) atoms. The standard InChI is InChI=1S/C13H13FN2O2/c1-3-18-13(17)12-7-9(2)15-16(12)11-6-4-5-10(14)8-11/h4-8H,3H2,1-2H3. The molecule has 0 amide bonds. The first kappa shape index (κ1) is 12.3. The highest BCUT2D eigenvalue weighted by Crippen LogP contribution is 2.14. The van der Waals surface area contributed by atoms with Gasteiger partial charge in [0.2, 0.25) is 0 Å². The Bertz CT molecular complexity index is 578. The Kier molecular flexibility index (Phi) is 3.41. The fourth-order valence-corrected chi connectivity index (χ4v) is 1.65. The Labute approximate surface area is 104 Å². The molecule has 1 aromatic heterocycles. The minimum absolute atomic E-state index is 0.284. The van der Waals surface area contributed by atoms with Crippen LogP contribution in [0.15, 0.2) is 30.3 Å². The second kappa shape index (κ2) is 5.00. The van der Waals surface area contributed by atoms with E-state index >= 15 is 0 Å². The maximum atomic E-state index is 13.2. The fourth-order valence-electron chi connectivity index (χ4n) is 1.65. The van der Waals surface area contributed by atoms with Crippen LogP contribution in [0.4, 0.5) is 4.39 Å². The van der Waals surface area contributed by atoms with Crippen LogP contribution in [-0.4, -0.2) is 22.4 Å². The lowest BCUT2D eigenvalue weighted by Gasteiger charge is -2.06. The third-order valence-electron chi connectivity index (χ3n) is 2.37. The molecule has 0 saturated heterocycles. The van der Waals surface area contributed by atoms with Gasteiger partial charge in [0.1, 0.15) is 5.82 Å². The SMILES string of the molecule is CCOC(=O)c1cc(C)nn1-c1cccc(F)c1. The van der Waals surface area contributed by atoms with Crippen molar-refractivity contribution >= 4 is 5.97 Å². The molecule has 94 valence electrons. The van der Waals surface area contributed by atoms with Crippen LogP contribution < -0.4 is 0 Å². The fraction of sp³-hybridized carbons (Fsp3) is 0.231. The number of hydrogen-bond donors (Lipinski definition) is 0. The third-order valence-corrected chi connectivity index (χ3v) is 2.37. The van der Waals surface area contributed by atoms with Crippen molar-refractivity contribution in [1.82, 2.24) is 9.78 Å².